The van der Waals surface area contributed by atoms with E-state index in [1.54, 1.807) is 0 Å². The van der Waals surface area contributed by atoms with Crippen LogP contribution in [-0.2, 0) is 10.2 Å². The van der Waals surface area contributed by atoms with E-state index in [0.29, 0.717) is 6.54 Å². The topological polar surface area (TPSA) is 40.5 Å². The summed E-state index contributed by atoms with van der Waals surface area (Å²) in [6.45, 7) is 8.36. The SMILES string of the molecule is CCCN(CC)CC(C)(C(=O)O)c1ccccc1. The average Bonchev–Trinajstić information content (AvgIpc) is 2.38. The molecule has 0 saturated heterocycles. The number of likely N-dealkylation sites (N-methyl/N-ethyl adjacent to an activating group) is 1. The highest BCUT2D eigenvalue weighted by atomic mass is 16.4. The van der Waals surface area contributed by atoms with Gasteiger partial charge in [0, 0.05) is 6.54 Å². The van der Waals surface area contributed by atoms with Crippen molar-refractivity contribution < 1.29 is 9.90 Å². The van der Waals surface area contributed by atoms with Crippen molar-refractivity contribution in [2.45, 2.75) is 32.6 Å². The fourth-order valence-electron chi connectivity index (χ4n) is 2.20. The van der Waals surface area contributed by atoms with Gasteiger partial charge in [0.25, 0.3) is 0 Å². The van der Waals surface area contributed by atoms with E-state index in [0.717, 1.165) is 25.1 Å². The van der Waals surface area contributed by atoms with Crippen LogP contribution in [0.15, 0.2) is 30.3 Å². The van der Waals surface area contributed by atoms with E-state index in [4.69, 9.17) is 0 Å². The Morgan fingerprint density at radius 3 is 2.33 bits per heavy atom. The highest BCUT2D eigenvalue weighted by Crippen LogP contribution is 2.25. The molecule has 0 bridgehead atoms. The Morgan fingerprint density at radius 2 is 1.89 bits per heavy atom. The molecule has 1 aromatic rings. The van der Waals surface area contributed by atoms with Crippen LogP contribution in [0.25, 0.3) is 0 Å². The van der Waals surface area contributed by atoms with Gasteiger partial charge >= 0.3 is 5.97 Å². The van der Waals surface area contributed by atoms with Crippen molar-refractivity contribution in [3.05, 3.63) is 35.9 Å². The Morgan fingerprint density at radius 1 is 1.28 bits per heavy atom. The maximum absolute atomic E-state index is 11.7. The first-order chi connectivity index (χ1) is 8.54. The molecular formula is C15H23NO2. The predicted octanol–water partition coefficient (Wildman–Crippen LogP) is 2.76. The van der Waals surface area contributed by atoms with Crippen LogP contribution in [0.2, 0.25) is 0 Å². The minimum Gasteiger partial charge on any atom is -0.481 e. The van der Waals surface area contributed by atoms with Crippen LogP contribution in [0.5, 0.6) is 0 Å². The number of benzene rings is 1. The predicted molar refractivity (Wildman–Crippen MR) is 73.8 cm³/mol. The van der Waals surface area contributed by atoms with E-state index in [9.17, 15) is 9.90 Å². The lowest BCUT2D eigenvalue weighted by Crippen LogP contribution is -2.44. The van der Waals surface area contributed by atoms with Gasteiger partial charge in [0.1, 0.15) is 5.41 Å². The summed E-state index contributed by atoms with van der Waals surface area (Å²) in [4.78, 5) is 13.8. The maximum atomic E-state index is 11.7. The Hall–Kier alpha value is -1.35. The molecule has 1 atom stereocenters. The monoisotopic (exact) mass is 249 g/mol. The molecule has 0 aromatic heterocycles. The lowest BCUT2D eigenvalue weighted by molar-refractivity contribution is -0.144. The Kier molecular flexibility index (Phi) is 5.35. The minimum absolute atomic E-state index is 0.552. The molecule has 0 heterocycles. The fraction of sp³-hybridized carbons (Fsp3) is 0.533. The second kappa shape index (κ2) is 6.55. The lowest BCUT2D eigenvalue weighted by Gasteiger charge is -2.32. The number of carboxylic acid groups (broad SMARTS) is 1. The summed E-state index contributed by atoms with van der Waals surface area (Å²) in [7, 11) is 0. The third kappa shape index (κ3) is 3.33. The molecule has 0 amide bonds. The largest absolute Gasteiger partial charge is 0.481 e. The number of carbonyl (C=O) groups is 1. The first-order valence-electron chi connectivity index (χ1n) is 6.55. The van der Waals surface area contributed by atoms with Crippen molar-refractivity contribution in [2.75, 3.05) is 19.6 Å². The molecule has 100 valence electrons. The molecule has 0 aliphatic heterocycles. The molecule has 3 heteroatoms. The molecule has 0 radical (unpaired) electrons. The van der Waals surface area contributed by atoms with Crippen molar-refractivity contribution in [1.82, 2.24) is 4.90 Å². The number of rotatable bonds is 7. The summed E-state index contributed by atoms with van der Waals surface area (Å²) in [5.74, 6) is -0.761. The lowest BCUT2D eigenvalue weighted by atomic mass is 9.82. The van der Waals surface area contributed by atoms with Crippen LogP contribution < -0.4 is 0 Å². The zero-order valence-electron chi connectivity index (χ0n) is 11.5. The second-order valence-electron chi connectivity index (χ2n) is 4.87. The molecule has 1 unspecified atom stereocenters. The van der Waals surface area contributed by atoms with Crippen molar-refractivity contribution in [2.24, 2.45) is 0 Å². The Labute approximate surface area is 109 Å². The van der Waals surface area contributed by atoms with Crippen molar-refractivity contribution in [1.29, 1.82) is 0 Å². The van der Waals surface area contributed by atoms with Gasteiger partial charge in [-0.1, -0.05) is 44.2 Å². The molecule has 0 aliphatic rings. The molecule has 0 fully saturated rings. The number of aliphatic carboxylic acids is 1. The summed E-state index contributed by atoms with van der Waals surface area (Å²) >= 11 is 0. The quantitative estimate of drug-likeness (QED) is 0.807. The summed E-state index contributed by atoms with van der Waals surface area (Å²) in [5.41, 5.74) is 0.0268. The van der Waals surface area contributed by atoms with Gasteiger partial charge in [-0.2, -0.15) is 0 Å². The van der Waals surface area contributed by atoms with Crippen molar-refractivity contribution in [3.8, 4) is 0 Å². The first-order valence-corrected chi connectivity index (χ1v) is 6.55. The highest BCUT2D eigenvalue weighted by molar-refractivity contribution is 5.81. The third-order valence-corrected chi connectivity index (χ3v) is 3.41. The van der Waals surface area contributed by atoms with E-state index in [2.05, 4.69) is 18.7 Å². The van der Waals surface area contributed by atoms with Crippen LogP contribution in [0, 0.1) is 0 Å². The van der Waals surface area contributed by atoms with E-state index in [1.807, 2.05) is 37.3 Å². The molecular weight excluding hydrogens is 226 g/mol. The van der Waals surface area contributed by atoms with Gasteiger partial charge in [-0.05, 0) is 32.0 Å². The zero-order valence-corrected chi connectivity index (χ0v) is 11.5. The molecule has 18 heavy (non-hydrogen) atoms. The van der Waals surface area contributed by atoms with Crippen LogP contribution in [0.1, 0.15) is 32.8 Å². The van der Waals surface area contributed by atoms with Gasteiger partial charge in [0.15, 0.2) is 0 Å². The Bertz CT molecular complexity index is 377. The van der Waals surface area contributed by atoms with Gasteiger partial charge < -0.3 is 10.0 Å². The first kappa shape index (κ1) is 14.7. The molecule has 1 aromatic carbocycles. The second-order valence-corrected chi connectivity index (χ2v) is 4.87. The van der Waals surface area contributed by atoms with Gasteiger partial charge in [-0.3, -0.25) is 4.79 Å². The summed E-state index contributed by atoms with van der Waals surface area (Å²) < 4.78 is 0. The van der Waals surface area contributed by atoms with Crippen LogP contribution in [0.4, 0.5) is 0 Å². The smallest absolute Gasteiger partial charge is 0.315 e. The standard InChI is InChI=1S/C15H23NO2/c1-4-11-16(5-2)12-15(3,14(17)18)13-9-7-6-8-10-13/h6-10H,4-5,11-12H2,1-3H3,(H,17,18). The molecule has 0 spiro atoms. The van der Waals surface area contributed by atoms with Gasteiger partial charge in [0.05, 0.1) is 0 Å². The van der Waals surface area contributed by atoms with E-state index in [-0.39, 0.29) is 0 Å². The summed E-state index contributed by atoms with van der Waals surface area (Å²) in [6, 6.07) is 9.50. The van der Waals surface area contributed by atoms with E-state index >= 15 is 0 Å². The van der Waals surface area contributed by atoms with Gasteiger partial charge in [-0.15, -0.1) is 0 Å². The summed E-state index contributed by atoms with van der Waals surface area (Å²) in [5, 5.41) is 9.57. The van der Waals surface area contributed by atoms with E-state index < -0.39 is 11.4 Å². The number of hydrogen-bond acceptors (Lipinski definition) is 2. The number of nitrogens with zero attached hydrogens (tertiary/aromatic N) is 1. The minimum atomic E-state index is -0.841. The van der Waals surface area contributed by atoms with Crippen molar-refractivity contribution in [3.63, 3.8) is 0 Å². The molecule has 0 aliphatic carbocycles. The van der Waals surface area contributed by atoms with Gasteiger partial charge in [-0.25, -0.2) is 0 Å². The molecule has 1 N–H and O–H groups in total. The highest BCUT2D eigenvalue weighted by Gasteiger charge is 2.36. The van der Waals surface area contributed by atoms with Crippen LogP contribution in [-0.4, -0.2) is 35.6 Å². The Balaban J connectivity index is 2.97. The number of carboxylic acids is 1. The zero-order chi connectivity index (χ0) is 13.6. The maximum Gasteiger partial charge on any atom is 0.315 e. The summed E-state index contributed by atoms with van der Waals surface area (Å²) in [6.07, 6.45) is 1.04. The molecule has 3 nitrogen and oxygen atoms in total. The average molecular weight is 249 g/mol. The molecule has 1 rings (SSSR count). The van der Waals surface area contributed by atoms with Crippen molar-refractivity contribution >= 4 is 5.97 Å². The molecule has 0 saturated carbocycles. The van der Waals surface area contributed by atoms with Gasteiger partial charge in [0.2, 0.25) is 0 Å². The number of hydrogen-bond donors (Lipinski definition) is 1. The normalized spacial score (nSPS) is 14.4. The van der Waals surface area contributed by atoms with E-state index in [1.165, 1.54) is 0 Å². The third-order valence-electron chi connectivity index (χ3n) is 3.41. The van der Waals surface area contributed by atoms with Crippen LogP contribution >= 0.6 is 0 Å². The van der Waals surface area contributed by atoms with Crippen LogP contribution in [0.3, 0.4) is 0 Å². The fourth-order valence-corrected chi connectivity index (χ4v) is 2.20.